The third-order valence-electron chi connectivity index (χ3n) is 2.22. The lowest BCUT2D eigenvalue weighted by atomic mass is 10.2. The summed E-state index contributed by atoms with van der Waals surface area (Å²) in [4.78, 5) is 26.3. The van der Waals surface area contributed by atoms with Crippen molar-refractivity contribution in [3.8, 4) is 11.4 Å². The van der Waals surface area contributed by atoms with E-state index in [9.17, 15) is 9.59 Å². The maximum Gasteiger partial charge on any atom is 0.248 e. The molecule has 0 unspecified atom stereocenters. The van der Waals surface area contributed by atoms with E-state index in [4.69, 9.17) is 0 Å². The van der Waals surface area contributed by atoms with Gasteiger partial charge in [0.15, 0.2) is 5.82 Å². The summed E-state index contributed by atoms with van der Waals surface area (Å²) < 4.78 is 0. The molecule has 2 aromatic rings. The molecule has 0 fully saturated rings. The summed E-state index contributed by atoms with van der Waals surface area (Å²) in [6.45, 7) is 1.31. The molecule has 0 spiro atoms. The minimum absolute atomic E-state index is 0.117. The van der Waals surface area contributed by atoms with Gasteiger partial charge in [-0.2, -0.15) is 0 Å². The third kappa shape index (κ3) is 4.09. The molecule has 7 nitrogen and oxygen atoms in total. The molecule has 0 radical (unpaired) electrons. The predicted molar refractivity (Wildman–Crippen MR) is 74.5 cm³/mol. The Morgan fingerprint density at radius 2 is 2.00 bits per heavy atom. The maximum absolute atomic E-state index is 11.4. The number of rotatable bonds is 4. The van der Waals surface area contributed by atoms with Crippen LogP contribution in [0.25, 0.3) is 11.4 Å². The average Bonchev–Trinajstić information content (AvgIpc) is 2.93. The summed E-state index contributed by atoms with van der Waals surface area (Å²) in [5, 5.41) is 7.31. The second-order valence-corrected chi connectivity index (χ2v) is 4.79. The normalized spacial score (nSPS) is 10.1. The van der Waals surface area contributed by atoms with Gasteiger partial charge in [0.05, 0.1) is 5.75 Å². The van der Waals surface area contributed by atoms with Crippen LogP contribution >= 0.6 is 11.8 Å². The molecule has 2 rings (SSSR count). The lowest BCUT2D eigenvalue weighted by Gasteiger charge is -2.02. The summed E-state index contributed by atoms with van der Waals surface area (Å²) in [6, 6.07) is 9.57. The number of nitrogens with zero attached hydrogens (tertiary/aromatic N) is 2. The van der Waals surface area contributed by atoms with E-state index in [1.165, 1.54) is 18.7 Å². The van der Waals surface area contributed by atoms with Crippen LogP contribution in [0.1, 0.15) is 6.92 Å². The van der Waals surface area contributed by atoms with Gasteiger partial charge >= 0.3 is 0 Å². The number of aromatic amines is 1. The minimum Gasteiger partial charge on any atom is -0.274 e. The first kappa shape index (κ1) is 14.1. The first-order valence-corrected chi connectivity index (χ1v) is 6.80. The number of carbonyl (C=O) groups is 2. The van der Waals surface area contributed by atoms with Gasteiger partial charge in [-0.25, -0.2) is 4.98 Å². The molecule has 3 N–H and O–H groups in total. The van der Waals surface area contributed by atoms with E-state index in [2.05, 4.69) is 26.0 Å². The van der Waals surface area contributed by atoms with Gasteiger partial charge in [-0.1, -0.05) is 42.1 Å². The van der Waals surface area contributed by atoms with Gasteiger partial charge in [0.1, 0.15) is 0 Å². The minimum atomic E-state index is -0.326. The Kier molecular flexibility index (Phi) is 4.72. The zero-order valence-electron chi connectivity index (χ0n) is 10.7. The highest BCUT2D eigenvalue weighted by Gasteiger charge is 2.08. The molecule has 104 valence electrons. The van der Waals surface area contributed by atoms with E-state index in [0.717, 1.165) is 5.56 Å². The van der Waals surface area contributed by atoms with Crippen LogP contribution in [-0.4, -0.2) is 32.7 Å². The molecule has 1 heterocycles. The molecule has 0 saturated heterocycles. The van der Waals surface area contributed by atoms with Crippen LogP contribution in [0.2, 0.25) is 0 Å². The lowest BCUT2D eigenvalue weighted by molar-refractivity contribution is -0.126. The van der Waals surface area contributed by atoms with Gasteiger partial charge in [0.2, 0.25) is 17.0 Å². The summed E-state index contributed by atoms with van der Waals surface area (Å²) in [5.74, 6) is 0.117. The summed E-state index contributed by atoms with van der Waals surface area (Å²) in [7, 11) is 0. The zero-order chi connectivity index (χ0) is 14.4. The molecular formula is C12H13N5O2S. The van der Waals surface area contributed by atoms with Gasteiger partial charge in [-0.15, -0.1) is 5.10 Å². The molecular weight excluding hydrogens is 278 g/mol. The molecule has 8 heteroatoms. The number of thioether (sulfide) groups is 1. The van der Waals surface area contributed by atoms with Gasteiger partial charge in [-0.3, -0.25) is 25.5 Å². The van der Waals surface area contributed by atoms with Crippen LogP contribution in [0.3, 0.4) is 0 Å². The third-order valence-corrected chi connectivity index (χ3v) is 3.07. The zero-order valence-corrected chi connectivity index (χ0v) is 11.5. The number of benzene rings is 1. The number of hydrazine groups is 1. The average molecular weight is 291 g/mol. The second-order valence-electron chi connectivity index (χ2n) is 3.85. The van der Waals surface area contributed by atoms with Crippen molar-refractivity contribution in [3.05, 3.63) is 30.3 Å². The highest BCUT2D eigenvalue weighted by atomic mass is 32.2. The standard InChI is InChI=1S/C12H13N5O2S/c1-8(18)14-15-10(19)7-20-12-13-11(16-17-12)9-5-3-2-4-6-9/h2-6H,7H2,1H3,(H,14,18)(H,15,19)(H,13,16,17). The number of hydrogen-bond donors (Lipinski definition) is 3. The van der Waals surface area contributed by atoms with Crippen molar-refractivity contribution in [1.29, 1.82) is 0 Å². The Labute approximate surface area is 119 Å². The van der Waals surface area contributed by atoms with E-state index in [1.807, 2.05) is 30.3 Å². The summed E-state index contributed by atoms with van der Waals surface area (Å²) >= 11 is 1.18. The van der Waals surface area contributed by atoms with Crippen LogP contribution in [0.4, 0.5) is 0 Å². The molecule has 0 saturated carbocycles. The molecule has 0 aliphatic heterocycles. The monoisotopic (exact) mass is 291 g/mol. The molecule has 0 aliphatic rings. The summed E-state index contributed by atoms with van der Waals surface area (Å²) in [6.07, 6.45) is 0. The largest absolute Gasteiger partial charge is 0.274 e. The Balaban J connectivity index is 1.87. The van der Waals surface area contributed by atoms with Crippen molar-refractivity contribution in [2.45, 2.75) is 12.1 Å². The fourth-order valence-corrected chi connectivity index (χ4v) is 1.96. The van der Waals surface area contributed by atoms with E-state index in [0.29, 0.717) is 11.0 Å². The van der Waals surface area contributed by atoms with E-state index >= 15 is 0 Å². The van der Waals surface area contributed by atoms with Crippen LogP contribution in [-0.2, 0) is 9.59 Å². The summed E-state index contributed by atoms with van der Waals surface area (Å²) in [5.41, 5.74) is 5.40. The molecule has 2 amide bonds. The topological polar surface area (TPSA) is 99.8 Å². The van der Waals surface area contributed by atoms with Crippen molar-refractivity contribution in [1.82, 2.24) is 26.0 Å². The van der Waals surface area contributed by atoms with Crippen LogP contribution in [0, 0.1) is 0 Å². The van der Waals surface area contributed by atoms with Gasteiger partial charge in [0.25, 0.3) is 0 Å². The van der Waals surface area contributed by atoms with E-state index in [1.54, 1.807) is 0 Å². The Morgan fingerprint density at radius 1 is 1.25 bits per heavy atom. The fourth-order valence-electron chi connectivity index (χ4n) is 1.36. The predicted octanol–water partition coefficient (Wildman–Crippen LogP) is 0.731. The van der Waals surface area contributed by atoms with Crippen molar-refractivity contribution >= 4 is 23.6 Å². The van der Waals surface area contributed by atoms with Crippen molar-refractivity contribution in [2.24, 2.45) is 0 Å². The number of H-pyrrole nitrogens is 1. The molecule has 1 aromatic carbocycles. The van der Waals surface area contributed by atoms with Crippen molar-refractivity contribution < 1.29 is 9.59 Å². The highest BCUT2D eigenvalue weighted by Crippen LogP contribution is 2.18. The quantitative estimate of drug-likeness (QED) is 0.569. The Bertz CT molecular complexity index is 599. The Morgan fingerprint density at radius 3 is 2.70 bits per heavy atom. The number of aromatic nitrogens is 3. The van der Waals surface area contributed by atoms with Gasteiger partial charge in [0, 0.05) is 12.5 Å². The molecule has 20 heavy (non-hydrogen) atoms. The van der Waals surface area contributed by atoms with Crippen LogP contribution < -0.4 is 10.9 Å². The van der Waals surface area contributed by atoms with Gasteiger partial charge < -0.3 is 0 Å². The molecule has 0 atom stereocenters. The SMILES string of the molecule is CC(=O)NNC(=O)CSc1n[nH]c(-c2ccccc2)n1. The van der Waals surface area contributed by atoms with Crippen molar-refractivity contribution in [2.75, 3.05) is 5.75 Å². The first-order valence-electron chi connectivity index (χ1n) is 5.81. The number of amides is 2. The number of carbonyl (C=O) groups excluding carboxylic acids is 2. The first-order chi connectivity index (χ1) is 9.65. The van der Waals surface area contributed by atoms with E-state index < -0.39 is 0 Å². The van der Waals surface area contributed by atoms with Gasteiger partial charge in [-0.05, 0) is 0 Å². The Hall–Kier alpha value is -2.35. The highest BCUT2D eigenvalue weighted by molar-refractivity contribution is 7.99. The van der Waals surface area contributed by atoms with E-state index in [-0.39, 0.29) is 17.6 Å². The smallest absolute Gasteiger partial charge is 0.248 e. The number of nitrogens with one attached hydrogen (secondary N) is 3. The second kappa shape index (κ2) is 6.71. The molecule has 0 aliphatic carbocycles. The number of hydrogen-bond acceptors (Lipinski definition) is 5. The molecule has 1 aromatic heterocycles. The fraction of sp³-hybridized carbons (Fsp3) is 0.167. The molecule has 0 bridgehead atoms. The maximum atomic E-state index is 11.4. The van der Waals surface area contributed by atoms with Crippen LogP contribution in [0.15, 0.2) is 35.5 Å². The van der Waals surface area contributed by atoms with Crippen molar-refractivity contribution in [3.63, 3.8) is 0 Å². The van der Waals surface area contributed by atoms with Crippen LogP contribution in [0.5, 0.6) is 0 Å². The lowest BCUT2D eigenvalue weighted by Crippen LogP contribution is -2.41.